The molecule has 3 rings (SSSR count). The average Bonchev–Trinajstić information content (AvgIpc) is 3.27. The second kappa shape index (κ2) is 13.6. The summed E-state index contributed by atoms with van der Waals surface area (Å²) < 4.78 is 5.25. The van der Waals surface area contributed by atoms with Crippen LogP contribution in [0.5, 0.6) is 0 Å². The zero-order chi connectivity index (χ0) is 22.9. The van der Waals surface area contributed by atoms with Gasteiger partial charge < -0.3 is 27.2 Å². The number of carboxylic acids is 1. The fourth-order valence-electron chi connectivity index (χ4n) is 3.63. The molecule has 0 bridgehead atoms. The van der Waals surface area contributed by atoms with Gasteiger partial charge in [0.05, 0.1) is 17.9 Å². The number of carbonyl (C=O) groups is 3. The highest BCUT2D eigenvalue weighted by Gasteiger charge is 2.36. The summed E-state index contributed by atoms with van der Waals surface area (Å²) in [5.74, 6) is -1.31. The number of nitrogens with one attached hydrogen (secondary N) is 1. The third-order valence-electron chi connectivity index (χ3n) is 5.18. The molecule has 0 saturated carbocycles. The van der Waals surface area contributed by atoms with Gasteiger partial charge in [-0.1, -0.05) is 36.4 Å². The zero-order valence-electron chi connectivity index (χ0n) is 18.3. The Kier molecular flexibility index (Phi) is 11.2. The molecule has 1 aliphatic rings. The quantitative estimate of drug-likeness (QED) is 0.433. The fourth-order valence-corrected chi connectivity index (χ4v) is 5.89. The summed E-state index contributed by atoms with van der Waals surface area (Å²) in [7, 11) is 0. The van der Waals surface area contributed by atoms with Crippen molar-refractivity contribution in [3.8, 4) is 0 Å². The Labute approximate surface area is 208 Å². The summed E-state index contributed by atoms with van der Waals surface area (Å²) in [5.41, 5.74) is 1.09. The number of aryl methyl sites for hydroxylation is 1. The van der Waals surface area contributed by atoms with Crippen LogP contribution >= 0.6 is 23.1 Å². The van der Waals surface area contributed by atoms with Crippen molar-refractivity contribution in [2.45, 2.75) is 37.1 Å². The lowest BCUT2D eigenvalue weighted by Crippen LogP contribution is -3.00. The highest BCUT2D eigenvalue weighted by atomic mass is 35.5. The molecule has 0 spiro atoms. The Hall–Kier alpha value is -2.07. The Morgan fingerprint density at radius 1 is 1.24 bits per heavy atom. The van der Waals surface area contributed by atoms with Crippen LogP contribution in [0.2, 0.25) is 0 Å². The maximum absolute atomic E-state index is 13.2. The third kappa shape index (κ3) is 8.03. The molecular formula is C23H28ClN2O5S2-. The molecule has 1 fully saturated rings. The normalized spacial score (nSPS) is 19.3. The fraction of sp³-hybridized carbons (Fsp3) is 0.435. The lowest BCUT2D eigenvalue weighted by Gasteiger charge is -2.26. The molecule has 33 heavy (non-hydrogen) atoms. The highest BCUT2D eigenvalue weighted by molar-refractivity contribution is 7.99. The van der Waals surface area contributed by atoms with Crippen molar-refractivity contribution in [3.63, 3.8) is 0 Å². The smallest absolute Gasteiger partial charge is 0.323 e. The first-order valence-corrected chi connectivity index (χ1v) is 12.5. The minimum Gasteiger partial charge on any atom is -1.00 e. The minimum atomic E-state index is -1.06. The van der Waals surface area contributed by atoms with Crippen molar-refractivity contribution >= 4 is 40.9 Å². The first kappa shape index (κ1) is 27.2. The van der Waals surface area contributed by atoms with Crippen LogP contribution in [0.3, 0.4) is 0 Å². The van der Waals surface area contributed by atoms with E-state index in [0.717, 1.165) is 10.4 Å². The van der Waals surface area contributed by atoms with E-state index in [1.54, 1.807) is 30.0 Å². The maximum Gasteiger partial charge on any atom is 0.323 e. The van der Waals surface area contributed by atoms with E-state index < -0.39 is 24.0 Å². The molecule has 2 N–H and O–H groups in total. The van der Waals surface area contributed by atoms with Crippen molar-refractivity contribution in [2.24, 2.45) is 0 Å². The average molecular weight is 512 g/mol. The predicted molar refractivity (Wildman–Crippen MR) is 126 cm³/mol. The van der Waals surface area contributed by atoms with Crippen LogP contribution in [0, 0.1) is 0 Å². The molecule has 10 heteroatoms. The van der Waals surface area contributed by atoms with E-state index in [4.69, 9.17) is 4.74 Å². The molecular weight excluding hydrogens is 484 g/mol. The van der Waals surface area contributed by atoms with Gasteiger partial charge in [-0.05, 0) is 36.8 Å². The van der Waals surface area contributed by atoms with Gasteiger partial charge in [0.2, 0.25) is 5.91 Å². The van der Waals surface area contributed by atoms with E-state index >= 15 is 0 Å². The topological polar surface area (TPSA) is 95.9 Å². The van der Waals surface area contributed by atoms with Gasteiger partial charge in [0.25, 0.3) is 0 Å². The Balaban J connectivity index is 0.00000385. The van der Waals surface area contributed by atoms with E-state index in [1.807, 2.05) is 47.8 Å². The molecule has 0 aliphatic carbocycles. The first-order valence-electron chi connectivity index (χ1n) is 10.6. The molecule has 2 heterocycles. The number of hydrogen-bond donors (Lipinski definition) is 2. The number of nitrogens with zero attached hydrogens (tertiary/aromatic N) is 1. The third-order valence-corrected chi connectivity index (χ3v) is 7.65. The van der Waals surface area contributed by atoms with Crippen molar-refractivity contribution in [1.82, 2.24) is 10.2 Å². The number of amides is 1. The second-order valence-corrected chi connectivity index (χ2v) is 9.71. The monoisotopic (exact) mass is 511 g/mol. The molecule has 2 aromatic rings. The lowest BCUT2D eigenvalue weighted by molar-refractivity contribution is -0.148. The summed E-state index contributed by atoms with van der Waals surface area (Å²) in [6.07, 6.45) is 1.13. The standard InChI is InChI=1S/C23H28N2O5S2.ClH/c1-2-30-23(29)17(11-10-16-7-4-3-5-8-16)24-18-15-32-20(19-9-6-12-31-19)13-25(22(18)28)14-21(26)27;/h3-9,12,17-18,20,24H,2,10-11,13-15H2,1H3,(H,26,27);1H/p-1/t17-,18-,20-;/m0./s1. The van der Waals surface area contributed by atoms with Crippen LogP contribution in [0.4, 0.5) is 0 Å². The number of aliphatic carboxylic acids is 1. The van der Waals surface area contributed by atoms with Gasteiger partial charge in [-0.15, -0.1) is 23.1 Å². The van der Waals surface area contributed by atoms with Gasteiger partial charge >= 0.3 is 11.9 Å². The molecule has 1 amide bonds. The van der Waals surface area contributed by atoms with Gasteiger partial charge in [-0.2, -0.15) is 0 Å². The SMILES string of the molecule is CCOC(=O)[C@H](CCc1ccccc1)N[C@H]1CS[C@H](c2cccs2)CN(CC(=O)O)C1=O.[Cl-]. The summed E-state index contributed by atoms with van der Waals surface area (Å²) in [4.78, 5) is 39.7. The number of hydrogen-bond acceptors (Lipinski definition) is 7. The van der Waals surface area contributed by atoms with Crippen LogP contribution in [0.25, 0.3) is 0 Å². The zero-order valence-corrected chi connectivity index (χ0v) is 20.7. The molecule has 1 aromatic heterocycles. The van der Waals surface area contributed by atoms with Crippen molar-refractivity contribution in [2.75, 3.05) is 25.4 Å². The van der Waals surface area contributed by atoms with Gasteiger partial charge in [0, 0.05) is 17.2 Å². The Morgan fingerprint density at radius 2 is 2.00 bits per heavy atom. The molecule has 7 nitrogen and oxygen atoms in total. The number of benzene rings is 1. The van der Waals surface area contributed by atoms with E-state index in [1.165, 1.54) is 4.90 Å². The van der Waals surface area contributed by atoms with Crippen LogP contribution < -0.4 is 17.7 Å². The number of esters is 1. The largest absolute Gasteiger partial charge is 1.00 e. The maximum atomic E-state index is 13.2. The molecule has 180 valence electrons. The van der Waals surface area contributed by atoms with E-state index in [9.17, 15) is 19.5 Å². The van der Waals surface area contributed by atoms with Gasteiger partial charge in [-0.25, -0.2) is 0 Å². The van der Waals surface area contributed by atoms with Gasteiger partial charge in [0.1, 0.15) is 12.6 Å². The van der Waals surface area contributed by atoms with E-state index in [0.29, 0.717) is 25.1 Å². The number of thiophene rings is 1. The summed E-state index contributed by atoms with van der Waals surface area (Å²) in [5, 5.41) is 14.5. The van der Waals surface area contributed by atoms with E-state index in [2.05, 4.69) is 5.32 Å². The van der Waals surface area contributed by atoms with Crippen LogP contribution in [0.15, 0.2) is 47.8 Å². The molecule has 0 unspecified atom stereocenters. The number of ether oxygens (including phenoxy) is 1. The van der Waals surface area contributed by atoms with Crippen LogP contribution in [-0.2, 0) is 25.5 Å². The first-order chi connectivity index (χ1) is 15.5. The number of carbonyl (C=O) groups excluding carboxylic acids is 2. The number of rotatable bonds is 10. The van der Waals surface area contributed by atoms with E-state index in [-0.39, 0.29) is 36.7 Å². The Bertz CT molecular complexity index is 898. The van der Waals surface area contributed by atoms with Crippen molar-refractivity contribution in [3.05, 3.63) is 58.3 Å². The summed E-state index contributed by atoms with van der Waals surface area (Å²) in [6.45, 7) is 1.95. The number of halogens is 1. The molecule has 1 aromatic carbocycles. The van der Waals surface area contributed by atoms with Crippen molar-refractivity contribution < 1.29 is 36.6 Å². The number of thioether (sulfide) groups is 1. The predicted octanol–water partition coefficient (Wildman–Crippen LogP) is -0.0241. The Morgan fingerprint density at radius 3 is 2.64 bits per heavy atom. The summed E-state index contributed by atoms with van der Waals surface area (Å²) >= 11 is 3.20. The second-order valence-electron chi connectivity index (χ2n) is 7.50. The highest BCUT2D eigenvalue weighted by Crippen LogP contribution is 2.35. The van der Waals surface area contributed by atoms with Gasteiger partial charge in [0.15, 0.2) is 0 Å². The lowest BCUT2D eigenvalue weighted by atomic mass is 10.0. The van der Waals surface area contributed by atoms with Crippen molar-refractivity contribution in [1.29, 1.82) is 0 Å². The molecule has 1 saturated heterocycles. The van der Waals surface area contributed by atoms with Crippen LogP contribution in [-0.4, -0.2) is 65.4 Å². The van der Waals surface area contributed by atoms with Crippen LogP contribution in [0.1, 0.15) is 29.0 Å². The molecule has 3 atom stereocenters. The minimum absolute atomic E-state index is 0. The molecule has 0 radical (unpaired) electrons. The molecule has 1 aliphatic heterocycles. The summed E-state index contributed by atoms with van der Waals surface area (Å²) in [6, 6.07) is 12.4. The van der Waals surface area contributed by atoms with Gasteiger partial charge in [-0.3, -0.25) is 19.7 Å². The number of carboxylic acid groups (broad SMARTS) is 1.